The van der Waals surface area contributed by atoms with E-state index in [1.807, 2.05) is 18.7 Å². The number of amides is 2. The first-order chi connectivity index (χ1) is 11.0. The average molecular weight is 324 g/mol. The summed E-state index contributed by atoms with van der Waals surface area (Å²) < 4.78 is 0. The molecule has 0 saturated carbocycles. The van der Waals surface area contributed by atoms with Gasteiger partial charge in [0.1, 0.15) is 0 Å². The topological polar surface area (TPSA) is 78.7 Å². The van der Waals surface area contributed by atoms with Crippen molar-refractivity contribution >= 4 is 11.8 Å². The predicted molar refractivity (Wildman–Crippen MR) is 90.8 cm³/mol. The number of nitrogens with zero attached hydrogens (tertiary/aromatic N) is 2. The summed E-state index contributed by atoms with van der Waals surface area (Å²) in [5, 5.41) is 2.68. The van der Waals surface area contributed by atoms with E-state index in [1.54, 1.807) is 0 Å². The van der Waals surface area contributed by atoms with Crippen LogP contribution in [0.15, 0.2) is 0 Å². The van der Waals surface area contributed by atoms with E-state index in [9.17, 15) is 9.59 Å². The maximum Gasteiger partial charge on any atom is 0.241 e. The van der Waals surface area contributed by atoms with E-state index in [0.717, 1.165) is 25.9 Å². The van der Waals surface area contributed by atoms with E-state index in [4.69, 9.17) is 5.73 Å². The summed E-state index contributed by atoms with van der Waals surface area (Å²) in [7, 11) is 0. The molecule has 132 valence electrons. The van der Waals surface area contributed by atoms with Crippen molar-refractivity contribution in [3.05, 3.63) is 0 Å². The molecule has 6 heteroatoms. The standard InChI is InChI=1S/C17H32N4O2/c1-13(2)16(18)17(23)19-12-15(22)21-10-5-6-14(7-11-21)20-8-3-4-9-20/h13-14,16H,3-12,18H2,1-2H3,(H,19,23)/t14?,16-/m0/s1. The summed E-state index contributed by atoms with van der Waals surface area (Å²) in [6.45, 7) is 7.89. The molecular weight excluding hydrogens is 292 g/mol. The van der Waals surface area contributed by atoms with Gasteiger partial charge in [-0.2, -0.15) is 0 Å². The van der Waals surface area contributed by atoms with Crippen LogP contribution in [0.2, 0.25) is 0 Å². The van der Waals surface area contributed by atoms with E-state index in [0.29, 0.717) is 6.04 Å². The minimum Gasteiger partial charge on any atom is -0.346 e. The zero-order valence-electron chi connectivity index (χ0n) is 14.6. The lowest BCUT2D eigenvalue weighted by molar-refractivity contribution is -0.133. The molecule has 3 N–H and O–H groups in total. The van der Waals surface area contributed by atoms with Crippen molar-refractivity contribution in [3.63, 3.8) is 0 Å². The minimum atomic E-state index is -0.550. The Morgan fingerprint density at radius 3 is 2.43 bits per heavy atom. The number of rotatable bonds is 5. The van der Waals surface area contributed by atoms with Gasteiger partial charge in [-0.05, 0) is 51.1 Å². The fourth-order valence-electron chi connectivity index (χ4n) is 3.50. The molecular formula is C17H32N4O2. The Hall–Kier alpha value is -1.14. The summed E-state index contributed by atoms with van der Waals surface area (Å²) in [5.74, 6) is -0.154. The van der Waals surface area contributed by atoms with Crippen LogP contribution in [0, 0.1) is 5.92 Å². The van der Waals surface area contributed by atoms with Gasteiger partial charge in [-0.1, -0.05) is 13.8 Å². The lowest BCUT2D eigenvalue weighted by atomic mass is 10.1. The molecule has 6 nitrogen and oxygen atoms in total. The summed E-state index contributed by atoms with van der Waals surface area (Å²) >= 11 is 0. The van der Waals surface area contributed by atoms with E-state index in [-0.39, 0.29) is 24.3 Å². The van der Waals surface area contributed by atoms with Crippen LogP contribution in [-0.2, 0) is 9.59 Å². The molecule has 2 rings (SSSR count). The second-order valence-corrected chi connectivity index (χ2v) is 7.20. The van der Waals surface area contributed by atoms with Crippen molar-refractivity contribution in [1.82, 2.24) is 15.1 Å². The Bertz CT molecular complexity index is 407. The van der Waals surface area contributed by atoms with Gasteiger partial charge in [0.25, 0.3) is 0 Å². The van der Waals surface area contributed by atoms with Gasteiger partial charge in [-0.15, -0.1) is 0 Å². The fourth-order valence-corrected chi connectivity index (χ4v) is 3.50. The van der Waals surface area contributed by atoms with Crippen LogP contribution in [0.3, 0.4) is 0 Å². The number of likely N-dealkylation sites (tertiary alicyclic amines) is 2. The zero-order valence-corrected chi connectivity index (χ0v) is 14.6. The first-order valence-electron chi connectivity index (χ1n) is 9.04. The third-order valence-electron chi connectivity index (χ3n) is 5.14. The second kappa shape index (κ2) is 8.64. The van der Waals surface area contributed by atoms with Gasteiger partial charge >= 0.3 is 0 Å². The van der Waals surface area contributed by atoms with Crippen LogP contribution in [0.5, 0.6) is 0 Å². The Kier molecular flexibility index (Phi) is 6.84. The molecule has 0 radical (unpaired) electrons. The lowest BCUT2D eigenvalue weighted by Crippen LogP contribution is -2.48. The number of nitrogens with one attached hydrogen (secondary N) is 1. The van der Waals surface area contributed by atoms with Crippen LogP contribution < -0.4 is 11.1 Å². The van der Waals surface area contributed by atoms with E-state index in [2.05, 4.69) is 10.2 Å². The van der Waals surface area contributed by atoms with Crippen molar-refractivity contribution in [2.45, 2.75) is 58.0 Å². The molecule has 2 aliphatic heterocycles. The molecule has 1 unspecified atom stereocenters. The molecule has 2 atom stereocenters. The zero-order chi connectivity index (χ0) is 16.8. The number of carbonyl (C=O) groups excluding carboxylic acids is 2. The van der Waals surface area contributed by atoms with Gasteiger partial charge in [0, 0.05) is 19.1 Å². The van der Waals surface area contributed by atoms with Gasteiger partial charge in [-0.25, -0.2) is 0 Å². The number of carbonyl (C=O) groups is 2. The molecule has 2 aliphatic rings. The van der Waals surface area contributed by atoms with Crippen LogP contribution in [-0.4, -0.2) is 66.4 Å². The monoisotopic (exact) mass is 324 g/mol. The summed E-state index contributed by atoms with van der Waals surface area (Å²) in [4.78, 5) is 28.7. The normalized spacial score (nSPS) is 24.5. The first kappa shape index (κ1) is 18.2. The van der Waals surface area contributed by atoms with Crippen molar-refractivity contribution in [3.8, 4) is 0 Å². The SMILES string of the molecule is CC(C)[C@H](N)C(=O)NCC(=O)N1CCCC(N2CCCC2)CC1. The Labute approximate surface area is 139 Å². The van der Waals surface area contributed by atoms with Crippen LogP contribution >= 0.6 is 0 Å². The molecule has 2 fully saturated rings. The fraction of sp³-hybridized carbons (Fsp3) is 0.882. The van der Waals surface area contributed by atoms with E-state index in [1.165, 1.54) is 32.4 Å². The van der Waals surface area contributed by atoms with Gasteiger partial charge < -0.3 is 20.9 Å². The molecule has 23 heavy (non-hydrogen) atoms. The van der Waals surface area contributed by atoms with Gasteiger partial charge in [0.2, 0.25) is 11.8 Å². The molecule has 2 saturated heterocycles. The molecule has 0 spiro atoms. The van der Waals surface area contributed by atoms with Crippen molar-refractivity contribution in [1.29, 1.82) is 0 Å². The Morgan fingerprint density at radius 1 is 1.09 bits per heavy atom. The molecule has 0 bridgehead atoms. The lowest BCUT2D eigenvalue weighted by Gasteiger charge is -2.26. The molecule has 0 aromatic carbocycles. The molecule has 0 aliphatic carbocycles. The van der Waals surface area contributed by atoms with Crippen molar-refractivity contribution in [2.75, 3.05) is 32.7 Å². The molecule has 2 amide bonds. The minimum absolute atomic E-state index is 0.0105. The van der Waals surface area contributed by atoms with Crippen molar-refractivity contribution < 1.29 is 9.59 Å². The highest BCUT2D eigenvalue weighted by Crippen LogP contribution is 2.21. The third-order valence-corrected chi connectivity index (χ3v) is 5.14. The maximum atomic E-state index is 12.3. The smallest absolute Gasteiger partial charge is 0.241 e. The van der Waals surface area contributed by atoms with Crippen LogP contribution in [0.25, 0.3) is 0 Å². The molecule has 0 aromatic rings. The van der Waals surface area contributed by atoms with Crippen LogP contribution in [0.1, 0.15) is 46.0 Å². The van der Waals surface area contributed by atoms with Gasteiger partial charge in [0.15, 0.2) is 0 Å². The Morgan fingerprint density at radius 2 is 1.78 bits per heavy atom. The maximum absolute atomic E-state index is 12.3. The highest BCUT2D eigenvalue weighted by molar-refractivity contribution is 5.87. The summed E-state index contributed by atoms with van der Waals surface area (Å²) in [6, 6.07) is 0.0748. The molecule has 0 aromatic heterocycles. The number of hydrogen-bond acceptors (Lipinski definition) is 4. The highest BCUT2D eigenvalue weighted by atomic mass is 16.2. The van der Waals surface area contributed by atoms with Crippen LogP contribution in [0.4, 0.5) is 0 Å². The van der Waals surface area contributed by atoms with Gasteiger partial charge in [0.05, 0.1) is 12.6 Å². The number of nitrogens with two attached hydrogens (primary N) is 1. The number of hydrogen-bond donors (Lipinski definition) is 2. The van der Waals surface area contributed by atoms with E-state index >= 15 is 0 Å². The van der Waals surface area contributed by atoms with Crippen molar-refractivity contribution in [2.24, 2.45) is 11.7 Å². The second-order valence-electron chi connectivity index (χ2n) is 7.20. The summed E-state index contributed by atoms with van der Waals surface area (Å²) in [5.41, 5.74) is 5.80. The van der Waals surface area contributed by atoms with E-state index < -0.39 is 6.04 Å². The Balaban J connectivity index is 1.75. The highest BCUT2D eigenvalue weighted by Gasteiger charge is 2.26. The molecule has 2 heterocycles. The third kappa shape index (κ3) is 5.18. The quantitative estimate of drug-likeness (QED) is 0.775. The van der Waals surface area contributed by atoms with Gasteiger partial charge in [-0.3, -0.25) is 9.59 Å². The average Bonchev–Trinajstić information content (AvgIpc) is 2.96. The predicted octanol–water partition coefficient (Wildman–Crippen LogP) is 0.563. The largest absolute Gasteiger partial charge is 0.346 e. The first-order valence-corrected chi connectivity index (χ1v) is 9.04. The summed E-state index contributed by atoms with van der Waals surface area (Å²) in [6.07, 6.45) is 5.88.